The highest BCUT2D eigenvalue weighted by atomic mass is 79.9. The van der Waals surface area contributed by atoms with Crippen LogP contribution in [-0.4, -0.2) is 19.0 Å². The monoisotopic (exact) mass is 312 g/mol. The van der Waals surface area contributed by atoms with Crippen molar-refractivity contribution in [3.63, 3.8) is 0 Å². The fourth-order valence-corrected chi connectivity index (χ4v) is 1.91. The van der Waals surface area contributed by atoms with Gasteiger partial charge < -0.3 is 10.6 Å². The second-order valence-corrected chi connectivity index (χ2v) is 5.41. The smallest absolute Gasteiger partial charge is 0.224 e. The summed E-state index contributed by atoms with van der Waals surface area (Å²) in [6.07, 6.45) is 0. The van der Waals surface area contributed by atoms with Gasteiger partial charge in [-0.25, -0.2) is 0 Å². The average molecular weight is 313 g/mol. The molecule has 0 bridgehead atoms. The SMILES string of the molecule is CCNCC(C)C(=O)NC(C)c1ccc(Br)cc1. The average Bonchev–Trinajstić information content (AvgIpc) is 2.36. The van der Waals surface area contributed by atoms with E-state index in [4.69, 9.17) is 0 Å². The fraction of sp³-hybridized carbons (Fsp3) is 0.500. The number of nitrogens with one attached hydrogen (secondary N) is 2. The van der Waals surface area contributed by atoms with E-state index in [1.807, 2.05) is 45.0 Å². The summed E-state index contributed by atoms with van der Waals surface area (Å²) in [6.45, 7) is 7.58. The molecule has 0 radical (unpaired) electrons. The van der Waals surface area contributed by atoms with E-state index in [2.05, 4.69) is 26.6 Å². The van der Waals surface area contributed by atoms with Crippen LogP contribution >= 0.6 is 15.9 Å². The first-order valence-corrected chi connectivity index (χ1v) is 7.10. The third-order valence-electron chi connectivity index (χ3n) is 2.88. The molecule has 2 unspecified atom stereocenters. The first-order chi connectivity index (χ1) is 8.54. The summed E-state index contributed by atoms with van der Waals surface area (Å²) in [6, 6.07) is 8.04. The van der Waals surface area contributed by atoms with Crippen LogP contribution < -0.4 is 10.6 Å². The lowest BCUT2D eigenvalue weighted by molar-refractivity contribution is -0.125. The minimum absolute atomic E-state index is 0.0113. The molecule has 0 fully saturated rings. The standard InChI is InChI=1S/C14H21BrN2O/c1-4-16-9-10(2)14(18)17-11(3)12-5-7-13(15)8-6-12/h5-8,10-11,16H,4,9H2,1-3H3,(H,17,18). The minimum Gasteiger partial charge on any atom is -0.349 e. The van der Waals surface area contributed by atoms with E-state index in [1.165, 1.54) is 0 Å². The molecule has 0 heterocycles. The summed E-state index contributed by atoms with van der Waals surface area (Å²) >= 11 is 3.40. The van der Waals surface area contributed by atoms with Crippen molar-refractivity contribution in [2.45, 2.75) is 26.8 Å². The van der Waals surface area contributed by atoms with Crippen LogP contribution in [0.4, 0.5) is 0 Å². The Hall–Kier alpha value is -0.870. The number of amides is 1. The van der Waals surface area contributed by atoms with Gasteiger partial charge in [0.2, 0.25) is 5.91 Å². The van der Waals surface area contributed by atoms with Gasteiger partial charge in [0.05, 0.1) is 6.04 Å². The van der Waals surface area contributed by atoms with Gasteiger partial charge in [0.15, 0.2) is 0 Å². The zero-order chi connectivity index (χ0) is 13.5. The van der Waals surface area contributed by atoms with Gasteiger partial charge in [-0.15, -0.1) is 0 Å². The highest BCUT2D eigenvalue weighted by Gasteiger charge is 2.15. The van der Waals surface area contributed by atoms with Gasteiger partial charge in [-0.1, -0.05) is 41.9 Å². The molecule has 0 aromatic heterocycles. The predicted molar refractivity (Wildman–Crippen MR) is 78.4 cm³/mol. The fourth-order valence-electron chi connectivity index (χ4n) is 1.64. The molecule has 1 aromatic carbocycles. The largest absolute Gasteiger partial charge is 0.349 e. The third-order valence-corrected chi connectivity index (χ3v) is 3.41. The zero-order valence-electron chi connectivity index (χ0n) is 11.2. The normalized spacial score (nSPS) is 14.0. The maximum atomic E-state index is 11.9. The maximum Gasteiger partial charge on any atom is 0.224 e. The lowest BCUT2D eigenvalue weighted by Gasteiger charge is -2.18. The number of hydrogen-bond donors (Lipinski definition) is 2. The van der Waals surface area contributed by atoms with E-state index >= 15 is 0 Å². The van der Waals surface area contributed by atoms with Crippen molar-refractivity contribution in [3.8, 4) is 0 Å². The number of benzene rings is 1. The Morgan fingerprint density at radius 1 is 1.28 bits per heavy atom. The molecule has 0 saturated heterocycles. The van der Waals surface area contributed by atoms with Crippen molar-refractivity contribution in [3.05, 3.63) is 34.3 Å². The number of carbonyl (C=O) groups excluding carboxylic acids is 1. The Kier molecular flexibility index (Phi) is 6.36. The van der Waals surface area contributed by atoms with Crippen molar-refractivity contribution in [2.75, 3.05) is 13.1 Å². The van der Waals surface area contributed by atoms with E-state index in [9.17, 15) is 4.79 Å². The lowest BCUT2D eigenvalue weighted by atomic mass is 10.1. The molecular formula is C14H21BrN2O. The van der Waals surface area contributed by atoms with Crippen molar-refractivity contribution in [2.24, 2.45) is 5.92 Å². The summed E-state index contributed by atoms with van der Waals surface area (Å²) in [5, 5.41) is 6.21. The summed E-state index contributed by atoms with van der Waals surface area (Å²) in [5.74, 6) is 0.0780. The zero-order valence-corrected chi connectivity index (χ0v) is 12.8. The first kappa shape index (κ1) is 15.2. The minimum atomic E-state index is -0.0113. The second-order valence-electron chi connectivity index (χ2n) is 4.49. The molecule has 1 aromatic rings. The van der Waals surface area contributed by atoms with Gasteiger partial charge in [0.1, 0.15) is 0 Å². The second kappa shape index (κ2) is 7.54. The van der Waals surface area contributed by atoms with E-state index < -0.39 is 0 Å². The number of halogens is 1. The van der Waals surface area contributed by atoms with Crippen LogP contribution in [0, 0.1) is 5.92 Å². The highest BCUT2D eigenvalue weighted by Crippen LogP contribution is 2.16. The first-order valence-electron chi connectivity index (χ1n) is 6.31. The Balaban J connectivity index is 2.51. The van der Waals surface area contributed by atoms with Crippen molar-refractivity contribution >= 4 is 21.8 Å². The lowest BCUT2D eigenvalue weighted by Crippen LogP contribution is -2.36. The molecule has 1 rings (SSSR count). The molecule has 100 valence electrons. The van der Waals surface area contributed by atoms with Crippen LogP contribution in [0.5, 0.6) is 0 Å². The molecule has 18 heavy (non-hydrogen) atoms. The van der Waals surface area contributed by atoms with Crippen LogP contribution in [-0.2, 0) is 4.79 Å². The van der Waals surface area contributed by atoms with Crippen molar-refractivity contribution < 1.29 is 4.79 Å². The molecule has 3 nitrogen and oxygen atoms in total. The predicted octanol–water partition coefficient (Wildman–Crippen LogP) is 2.87. The van der Waals surface area contributed by atoms with Crippen LogP contribution in [0.15, 0.2) is 28.7 Å². The van der Waals surface area contributed by atoms with E-state index in [0.29, 0.717) is 0 Å². The number of rotatable bonds is 6. The maximum absolute atomic E-state index is 11.9. The van der Waals surface area contributed by atoms with Crippen LogP contribution in [0.1, 0.15) is 32.4 Å². The molecule has 4 heteroatoms. The van der Waals surface area contributed by atoms with Gasteiger partial charge >= 0.3 is 0 Å². The molecule has 1 amide bonds. The Morgan fingerprint density at radius 2 is 1.89 bits per heavy atom. The molecule has 2 N–H and O–H groups in total. The Bertz CT molecular complexity index is 378. The van der Waals surface area contributed by atoms with Crippen LogP contribution in [0.2, 0.25) is 0 Å². The summed E-state index contributed by atoms with van der Waals surface area (Å²) in [5.41, 5.74) is 1.11. The number of carbonyl (C=O) groups is 1. The molecular weight excluding hydrogens is 292 g/mol. The third kappa shape index (κ3) is 4.78. The summed E-state index contributed by atoms with van der Waals surface area (Å²) in [4.78, 5) is 11.9. The summed E-state index contributed by atoms with van der Waals surface area (Å²) < 4.78 is 1.05. The Morgan fingerprint density at radius 3 is 2.44 bits per heavy atom. The molecule has 0 spiro atoms. The molecule has 0 aliphatic heterocycles. The van der Waals surface area contributed by atoms with Gasteiger partial charge in [0.25, 0.3) is 0 Å². The van der Waals surface area contributed by atoms with Gasteiger partial charge in [0, 0.05) is 16.9 Å². The number of hydrogen-bond acceptors (Lipinski definition) is 2. The van der Waals surface area contributed by atoms with Crippen molar-refractivity contribution in [1.29, 1.82) is 0 Å². The van der Waals surface area contributed by atoms with Crippen molar-refractivity contribution in [1.82, 2.24) is 10.6 Å². The Labute approximate surface area is 117 Å². The van der Waals surface area contributed by atoms with Gasteiger partial charge in [-0.05, 0) is 31.2 Å². The molecule has 0 aliphatic rings. The summed E-state index contributed by atoms with van der Waals surface area (Å²) in [7, 11) is 0. The van der Waals surface area contributed by atoms with E-state index in [0.717, 1.165) is 23.1 Å². The quantitative estimate of drug-likeness (QED) is 0.848. The molecule has 0 saturated carbocycles. The van der Waals surface area contributed by atoms with Crippen LogP contribution in [0.25, 0.3) is 0 Å². The van der Waals surface area contributed by atoms with Gasteiger partial charge in [-0.3, -0.25) is 4.79 Å². The van der Waals surface area contributed by atoms with Gasteiger partial charge in [-0.2, -0.15) is 0 Å². The molecule has 2 atom stereocenters. The topological polar surface area (TPSA) is 41.1 Å². The molecule has 0 aliphatic carbocycles. The van der Waals surface area contributed by atoms with E-state index in [-0.39, 0.29) is 17.9 Å². The van der Waals surface area contributed by atoms with E-state index in [1.54, 1.807) is 0 Å². The van der Waals surface area contributed by atoms with Crippen LogP contribution in [0.3, 0.4) is 0 Å². The highest BCUT2D eigenvalue weighted by molar-refractivity contribution is 9.10.